The first-order valence-corrected chi connectivity index (χ1v) is 8.33. The topological polar surface area (TPSA) is 50.4 Å². The summed E-state index contributed by atoms with van der Waals surface area (Å²) in [5.41, 5.74) is 1.69. The Labute approximate surface area is 144 Å². The fourth-order valence-corrected chi connectivity index (χ4v) is 2.44. The van der Waals surface area contributed by atoms with E-state index in [2.05, 4.69) is 24.5 Å². The Morgan fingerprint density at radius 1 is 1.08 bits per heavy atom. The van der Waals surface area contributed by atoms with Crippen molar-refractivity contribution in [3.63, 3.8) is 0 Å². The van der Waals surface area contributed by atoms with Crippen LogP contribution in [0.5, 0.6) is 5.75 Å². The van der Waals surface area contributed by atoms with Gasteiger partial charge in [0, 0.05) is 11.8 Å². The lowest BCUT2D eigenvalue weighted by atomic mass is 10.0. The van der Waals surface area contributed by atoms with Gasteiger partial charge in [0.1, 0.15) is 11.8 Å². The van der Waals surface area contributed by atoms with Gasteiger partial charge in [-0.15, -0.1) is 0 Å². The lowest BCUT2D eigenvalue weighted by Gasteiger charge is -2.20. The average molecular weight is 326 g/mol. The summed E-state index contributed by atoms with van der Waals surface area (Å²) >= 11 is 0. The van der Waals surface area contributed by atoms with E-state index in [1.54, 1.807) is 7.11 Å². The minimum atomic E-state index is -0.379. The molecule has 0 bridgehead atoms. The van der Waals surface area contributed by atoms with Crippen molar-refractivity contribution in [3.8, 4) is 5.75 Å². The van der Waals surface area contributed by atoms with Gasteiger partial charge in [-0.25, -0.2) is 0 Å². The highest BCUT2D eigenvalue weighted by molar-refractivity contribution is 5.95. The Morgan fingerprint density at radius 2 is 1.83 bits per heavy atom. The van der Waals surface area contributed by atoms with Crippen molar-refractivity contribution in [2.75, 3.05) is 19.0 Å². The smallest absolute Gasteiger partial charge is 0.246 e. The minimum absolute atomic E-state index is 0.0711. The Hall–Kier alpha value is -2.33. The third kappa shape index (κ3) is 5.39. The maximum absolute atomic E-state index is 12.8. The maximum atomic E-state index is 12.8. The van der Waals surface area contributed by atoms with Gasteiger partial charge in [0.05, 0.1) is 7.11 Å². The van der Waals surface area contributed by atoms with E-state index in [-0.39, 0.29) is 11.9 Å². The van der Waals surface area contributed by atoms with E-state index < -0.39 is 0 Å². The second-order valence-electron chi connectivity index (χ2n) is 6.20. The molecule has 0 spiro atoms. The number of ether oxygens (including phenoxy) is 1. The number of nitrogens with one attached hydrogen (secondary N) is 2. The summed E-state index contributed by atoms with van der Waals surface area (Å²) in [6, 6.07) is 16.8. The van der Waals surface area contributed by atoms with Gasteiger partial charge in [-0.3, -0.25) is 4.79 Å². The molecule has 0 aliphatic carbocycles. The van der Waals surface area contributed by atoms with Crippen molar-refractivity contribution in [2.45, 2.75) is 26.3 Å². The molecule has 0 aromatic heterocycles. The van der Waals surface area contributed by atoms with E-state index in [0.29, 0.717) is 5.92 Å². The fourth-order valence-electron chi connectivity index (χ4n) is 2.44. The highest BCUT2D eigenvalue weighted by Crippen LogP contribution is 2.20. The van der Waals surface area contributed by atoms with Crippen molar-refractivity contribution >= 4 is 11.6 Å². The molecule has 4 nitrogen and oxygen atoms in total. The fraction of sp³-hybridized carbons (Fsp3) is 0.350. The summed E-state index contributed by atoms with van der Waals surface area (Å²) in [7, 11) is 1.61. The predicted molar refractivity (Wildman–Crippen MR) is 98.3 cm³/mol. The summed E-state index contributed by atoms with van der Waals surface area (Å²) in [6.07, 6.45) is 1.02. The van der Waals surface area contributed by atoms with Gasteiger partial charge in [-0.2, -0.15) is 0 Å². The number of carbonyl (C=O) groups is 1. The van der Waals surface area contributed by atoms with Crippen LogP contribution in [0.2, 0.25) is 0 Å². The quantitative estimate of drug-likeness (QED) is 0.770. The molecule has 0 aliphatic rings. The number of anilines is 1. The van der Waals surface area contributed by atoms with E-state index in [0.717, 1.165) is 30.0 Å². The molecule has 2 aromatic rings. The maximum Gasteiger partial charge on any atom is 0.246 e. The molecule has 0 saturated carbocycles. The summed E-state index contributed by atoms with van der Waals surface area (Å²) in [5.74, 6) is 1.24. The molecule has 2 N–H and O–H groups in total. The van der Waals surface area contributed by atoms with Crippen molar-refractivity contribution < 1.29 is 9.53 Å². The van der Waals surface area contributed by atoms with Crippen molar-refractivity contribution in [2.24, 2.45) is 5.92 Å². The van der Waals surface area contributed by atoms with Gasteiger partial charge in [0.25, 0.3) is 0 Å². The van der Waals surface area contributed by atoms with Crippen LogP contribution in [-0.2, 0) is 4.79 Å². The number of benzene rings is 2. The SMILES string of the molecule is COc1cccc(NC(=O)[C@H](NCCC(C)C)c2ccccc2)c1. The van der Waals surface area contributed by atoms with Crippen LogP contribution in [0.4, 0.5) is 5.69 Å². The number of hydrogen-bond donors (Lipinski definition) is 2. The third-order valence-electron chi connectivity index (χ3n) is 3.80. The zero-order chi connectivity index (χ0) is 17.4. The van der Waals surface area contributed by atoms with Crippen molar-refractivity contribution in [3.05, 3.63) is 60.2 Å². The van der Waals surface area contributed by atoms with Crippen LogP contribution in [0.25, 0.3) is 0 Å². The number of carbonyl (C=O) groups excluding carboxylic acids is 1. The summed E-state index contributed by atoms with van der Waals surface area (Å²) in [4.78, 5) is 12.8. The van der Waals surface area contributed by atoms with Gasteiger partial charge in [0.15, 0.2) is 0 Å². The van der Waals surface area contributed by atoms with E-state index in [1.165, 1.54) is 0 Å². The molecule has 0 heterocycles. The van der Waals surface area contributed by atoms with Gasteiger partial charge < -0.3 is 15.4 Å². The molecule has 128 valence electrons. The second kappa shape index (κ2) is 9.08. The van der Waals surface area contributed by atoms with Gasteiger partial charge in [-0.05, 0) is 36.6 Å². The Bertz CT molecular complexity index is 641. The van der Waals surface area contributed by atoms with Crippen LogP contribution in [0.3, 0.4) is 0 Å². The first kappa shape index (κ1) is 18.0. The Kier molecular flexibility index (Phi) is 6.82. The van der Waals surface area contributed by atoms with Crippen LogP contribution in [0.1, 0.15) is 31.9 Å². The van der Waals surface area contributed by atoms with E-state index in [4.69, 9.17) is 4.74 Å². The predicted octanol–water partition coefficient (Wildman–Crippen LogP) is 4.01. The molecule has 24 heavy (non-hydrogen) atoms. The third-order valence-corrected chi connectivity index (χ3v) is 3.80. The van der Waals surface area contributed by atoms with Gasteiger partial charge >= 0.3 is 0 Å². The van der Waals surface area contributed by atoms with E-state index >= 15 is 0 Å². The normalized spacial score (nSPS) is 12.0. The van der Waals surface area contributed by atoms with Crippen LogP contribution in [0, 0.1) is 5.92 Å². The summed E-state index contributed by atoms with van der Waals surface area (Å²) in [6.45, 7) is 5.15. The molecular weight excluding hydrogens is 300 g/mol. The van der Waals surface area contributed by atoms with Crippen LogP contribution < -0.4 is 15.4 Å². The summed E-state index contributed by atoms with van der Waals surface area (Å²) in [5, 5.41) is 6.34. The minimum Gasteiger partial charge on any atom is -0.497 e. The molecule has 2 aromatic carbocycles. The molecular formula is C20H26N2O2. The molecule has 0 aliphatic heterocycles. The van der Waals surface area contributed by atoms with Crippen LogP contribution >= 0.6 is 0 Å². The molecule has 1 amide bonds. The highest BCUT2D eigenvalue weighted by Gasteiger charge is 2.20. The monoisotopic (exact) mass is 326 g/mol. The van der Waals surface area contributed by atoms with E-state index in [1.807, 2.05) is 54.6 Å². The zero-order valence-corrected chi connectivity index (χ0v) is 14.6. The van der Waals surface area contributed by atoms with Gasteiger partial charge in [0.2, 0.25) is 5.91 Å². The van der Waals surface area contributed by atoms with Crippen LogP contribution in [-0.4, -0.2) is 19.6 Å². The number of rotatable bonds is 8. The molecule has 0 radical (unpaired) electrons. The van der Waals surface area contributed by atoms with Crippen molar-refractivity contribution in [1.82, 2.24) is 5.32 Å². The first-order chi connectivity index (χ1) is 11.6. The van der Waals surface area contributed by atoms with Gasteiger partial charge in [-0.1, -0.05) is 50.2 Å². The molecule has 2 rings (SSSR count). The lowest BCUT2D eigenvalue weighted by Crippen LogP contribution is -2.34. The van der Waals surface area contributed by atoms with E-state index in [9.17, 15) is 4.79 Å². The standard InChI is InChI=1S/C20H26N2O2/c1-15(2)12-13-21-19(16-8-5-4-6-9-16)20(23)22-17-10-7-11-18(14-17)24-3/h4-11,14-15,19,21H,12-13H2,1-3H3,(H,22,23)/t19-/m1/s1. The molecule has 1 atom stereocenters. The lowest BCUT2D eigenvalue weighted by molar-refractivity contribution is -0.118. The Morgan fingerprint density at radius 3 is 2.50 bits per heavy atom. The zero-order valence-electron chi connectivity index (χ0n) is 14.6. The first-order valence-electron chi connectivity index (χ1n) is 8.33. The second-order valence-corrected chi connectivity index (χ2v) is 6.20. The van der Waals surface area contributed by atoms with Crippen LogP contribution in [0.15, 0.2) is 54.6 Å². The highest BCUT2D eigenvalue weighted by atomic mass is 16.5. The van der Waals surface area contributed by atoms with Crippen molar-refractivity contribution in [1.29, 1.82) is 0 Å². The number of amides is 1. The number of methoxy groups -OCH3 is 1. The molecule has 0 fully saturated rings. The largest absolute Gasteiger partial charge is 0.497 e. The molecule has 0 saturated heterocycles. The number of hydrogen-bond acceptors (Lipinski definition) is 3. The molecule has 0 unspecified atom stereocenters. The molecule has 4 heteroatoms. The Balaban J connectivity index is 2.11. The average Bonchev–Trinajstić information content (AvgIpc) is 2.59. The summed E-state index contributed by atoms with van der Waals surface area (Å²) < 4.78 is 5.21.